The average Bonchev–Trinajstić information content (AvgIpc) is 2.90. The minimum absolute atomic E-state index is 0.0206. The summed E-state index contributed by atoms with van der Waals surface area (Å²) < 4.78 is 20.3. The van der Waals surface area contributed by atoms with Crippen LogP contribution in [0.1, 0.15) is 71.4 Å². The number of esters is 4. The van der Waals surface area contributed by atoms with E-state index >= 15 is 0 Å². The normalized spacial score (nSPS) is 10.2. The average molecular weight is 630 g/mol. The van der Waals surface area contributed by atoms with Gasteiger partial charge in [-0.25, -0.2) is 19.2 Å². The van der Waals surface area contributed by atoms with E-state index in [9.17, 15) is 29.7 Å². The molecule has 0 saturated heterocycles. The minimum Gasteiger partial charge on any atom is -0.462 e. The zero-order chi connectivity index (χ0) is 30.0. The molecule has 0 saturated carbocycles. The van der Waals surface area contributed by atoms with Gasteiger partial charge in [0.15, 0.2) is 11.5 Å². The molecule has 0 radical (unpaired) electrons. The fourth-order valence-electron chi connectivity index (χ4n) is 3.04. The SMILES string of the molecule is CCCCOC(=O)c1c(C#N)c(Cl)cc(Cl)c1OC(=O)C(=O)Oc1c(Cl)cc(Cl)c(C#N)c1C(=O)OCCCC. The highest BCUT2D eigenvalue weighted by Gasteiger charge is 2.32. The first kappa shape index (κ1) is 32.7. The Hall–Kier alpha value is -3.54. The van der Waals surface area contributed by atoms with Crippen LogP contribution >= 0.6 is 46.4 Å². The van der Waals surface area contributed by atoms with E-state index in [0.29, 0.717) is 25.7 Å². The van der Waals surface area contributed by atoms with E-state index in [0.717, 1.165) is 12.1 Å². The molecule has 14 heteroatoms. The smallest absolute Gasteiger partial charge is 0.423 e. The number of benzene rings is 2. The summed E-state index contributed by atoms with van der Waals surface area (Å²) >= 11 is 24.3. The molecular weight excluding hydrogens is 610 g/mol. The van der Waals surface area contributed by atoms with E-state index in [1.807, 2.05) is 13.8 Å². The Morgan fingerprint density at radius 3 is 1.32 bits per heavy atom. The molecule has 0 aromatic heterocycles. The van der Waals surface area contributed by atoms with Crippen LogP contribution in [0.5, 0.6) is 11.5 Å². The van der Waals surface area contributed by atoms with Gasteiger partial charge in [0.1, 0.15) is 23.3 Å². The standard InChI is InChI=1S/C26H20Cl4N2O8/c1-3-5-7-37-23(33)19-13(11-31)15(27)9-17(29)21(19)39-25(35)26(36)40-22-18(30)10-16(28)14(12-32)20(22)24(34)38-8-6-4-2/h9-10H,3-8H2,1-2H3. The first-order chi connectivity index (χ1) is 19.0. The number of hydrogen-bond acceptors (Lipinski definition) is 10. The zero-order valence-electron chi connectivity index (χ0n) is 21.1. The van der Waals surface area contributed by atoms with E-state index in [-0.39, 0.29) is 23.3 Å². The highest BCUT2D eigenvalue weighted by atomic mass is 35.5. The van der Waals surface area contributed by atoms with E-state index in [1.165, 1.54) is 0 Å². The second-order valence-corrected chi connectivity index (χ2v) is 9.45. The predicted octanol–water partition coefficient (Wildman–Crippen LogP) is 6.47. The first-order valence-electron chi connectivity index (χ1n) is 11.6. The van der Waals surface area contributed by atoms with Crippen molar-refractivity contribution in [3.8, 4) is 23.6 Å². The summed E-state index contributed by atoms with van der Waals surface area (Å²) in [5.74, 6) is -7.00. The minimum atomic E-state index is -1.73. The van der Waals surface area contributed by atoms with Crippen LogP contribution in [0.3, 0.4) is 0 Å². The fraction of sp³-hybridized carbons (Fsp3) is 0.308. The van der Waals surface area contributed by atoms with Crippen LogP contribution in [0, 0.1) is 22.7 Å². The second kappa shape index (κ2) is 15.3. The lowest BCUT2D eigenvalue weighted by molar-refractivity contribution is -0.156. The maximum atomic E-state index is 12.7. The molecule has 0 aliphatic heterocycles. The van der Waals surface area contributed by atoms with Gasteiger partial charge >= 0.3 is 23.9 Å². The Bertz CT molecular complexity index is 1320. The van der Waals surface area contributed by atoms with Crippen LogP contribution in [-0.2, 0) is 19.1 Å². The van der Waals surface area contributed by atoms with Gasteiger partial charge < -0.3 is 18.9 Å². The predicted molar refractivity (Wildman–Crippen MR) is 144 cm³/mol. The summed E-state index contributed by atoms with van der Waals surface area (Å²) in [6.45, 7) is 3.67. The summed E-state index contributed by atoms with van der Waals surface area (Å²) in [4.78, 5) is 50.9. The van der Waals surface area contributed by atoms with Crippen LogP contribution in [0.15, 0.2) is 12.1 Å². The third-order valence-electron chi connectivity index (χ3n) is 5.02. The van der Waals surface area contributed by atoms with Gasteiger partial charge in [-0.05, 0) is 25.0 Å². The molecule has 0 unspecified atom stereocenters. The number of halogens is 4. The molecule has 0 spiro atoms. The van der Waals surface area contributed by atoms with Crippen molar-refractivity contribution in [2.75, 3.05) is 13.2 Å². The molecule has 0 amide bonds. The van der Waals surface area contributed by atoms with Gasteiger partial charge in [0.05, 0.1) is 44.4 Å². The summed E-state index contributed by atoms with van der Waals surface area (Å²) in [5, 5.41) is 17.8. The molecule has 0 aliphatic carbocycles. The quantitative estimate of drug-likeness (QED) is 0.124. The number of nitriles is 2. The Morgan fingerprint density at radius 1 is 0.675 bits per heavy atom. The Morgan fingerprint density at radius 2 is 1.02 bits per heavy atom. The maximum Gasteiger partial charge on any atom is 0.423 e. The molecule has 0 bridgehead atoms. The molecule has 0 aliphatic rings. The van der Waals surface area contributed by atoms with Gasteiger partial charge in [0.2, 0.25) is 0 Å². The van der Waals surface area contributed by atoms with Crippen molar-refractivity contribution in [1.82, 2.24) is 0 Å². The fourth-order valence-corrected chi connectivity index (χ4v) is 4.13. The van der Waals surface area contributed by atoms with Gasteiger partial charge in [-0.2, -0.15) is 10.5 Å². The Labute approximate surface area is 249 Å². The number of hydrogen-bond donors (Lipinski definition) is 0. The molecule has 2 rings (SSSR count). The van der Waals surface area contributed by atoms with Crippen molar-refractivity contribution in [3.63, 3.8) is 0 Å². The lowest BCUT2D eigenvalue weighted by Gasteiger charge is -2.15. The largest absolute Gasteiger partial charge is 0.462 e. The van der Waals surface area contributed by atoms with Crippen molar-refractivity contribution in [1.29, 1.82) is 10.5 Å². The Kier molecular flexibility index (Phi) is 12.5. The molecule has 0 atom stereocenters. The number of rotatable bonds is 10. The number of unbranched alkanes of at least 4 members (excludes halogenated alkanes) is 2. The van der Waals surface area contributed by atoms with Crippen molar-refractivity contribution < 1.29 is 38.1 Å². The lowest BCUT2D eigenvalue weighted by Crippen LogP contribution is -2.28. The molecule has 0 N–H and O–H groups in total. The highest BCUT2D eigenvalue weighted by molar-refractivity contribution is 6.39. The molecule has 0 heterocycles. The van der Waals surface area contributed by atoms with Crippen LogP contribution in [0.4, 0.5) is 0 Å². The van der Waals surface area contributed by atoms with Crippen molar-refractivity contribution in [2.45, 2.75) is 39.5 Å². The van der Waals surface area contributed by atoms with Gasteiger partial charge in [-0.15, -0.1) is 0 Å². The number of ether oxygens (including phenoxy) is 4. The van der Waals surface area contributed by atoms with Crippen molar-refractivity contribution in [2.24, 2.45) is 0 Å². The highest BCUT2D eigenvalue weighted by Crippen LogP contribution is 2.38. The van der Waals surface area contributed by atoms with Gasteiger partial charge in [-0.1, -0.05) is 73.1 Å². The van der Waals surface area contributed by atoms with Crippen molar-refractivity contribution in [3.05, 3.63) is 54.5 Å². The Balaban J connectivity index is 2.48. The molecule has 40 heavy (non-hydrogen) atoms. The zero-order valence-corrected chi connectivity index (χ0v) is 24.1. The van der Waals surface area contributed by atoms with Crippen LogP contribution < -0.4 is 9.47 Å². The molecule has 0 fully saturated rings. The molecule has 10 nitrogen and oxygen atoms in total. The summed E-state index contributed by atoms with van der Waals surface area (Å²) in [6, 6.07) is 5.45. The maximum absolute atomic E-state index is 12.7. The third kappa shape index (κ3) is 7.77. The van der Waals surface area contributed by atoms with E-state index in [2.05, 4.69) is 0 Å². The third-order valence-corrected chi connectivity index (χ3v) is 6.18. The summed E-state index contributed by atoms with van der Waals surface area (Å²) in [5.41, 5.74) is -2.01. The first-order valence-corrected chi connectivity index (χ1v) is 13.2. The molecule has 2 aromatic carbocycles. The topological polar surface area (TPSA) is 153 Å². The van der Waals surface area contributed by atoms with Gasteiger partial charge in [0.25, 0.3) is 0 Å². The van der Waals surface area contributed by atoms with Crippen LogP contribution in [0.25, 0.3) is 0 Å². The summed E-state index contributed by atoms with van der Waals surface area (Å²) in [6.07, 6.45) is 2.38. The van der Waals surface area contributed by atoms with Crippen LogP contribution in [0.2, 0.25) is 20.1 Å². The van der Waals surface area contributed by atoms with E-state index in [4.69, 9.17) is 65.4 Å². The molecular formula is C26H20Cl4N2O8. The number of carbonyl (C=O) groups excluding carboxylic acids is 4. The number of carbonyl (C=O) groups is 4. The number of nitrogens with zero attached hydrogens (tertiary/aromatic N) is 2. The summed E-state index contributed by atoms with van der Waals surface area (Å²) in [7, 11) is 0. The van der Waals surface area contributed by atoms with Gasteiger partial charge in [0, 0.05) is 0 Å². The molecule has 2 aromatic rings. The van der Waals surface area contributed by atoms with E-state index in [1.54, 1.807) is 12.1 Å². The van der Waals surface area contributed by atoms with Crippen LogP contribution in [-0.4, -0.2) is 37.1 Å². The lowest BCUT2D eigenvalue weighted by atomic mass is 10.1. The van der Waals surface area contributed by atoms with Crippen molar-refractivity contribution >= 4 is 70.3 Å². The molecule has 210 valence electrons. The van der Waals surface area contributed by atoms with Gasteiger partial charge in [-0.3, -0.25) is 0 Å². The second-order valence-electron chi connectivity index (χ2n) is 7.82. The monoisotopic (exact) mass is 628 g/mol. The van der Waals surface area contributed by atoms with E-state index < -0.39 is 67.7 Å².